The molecule has 1 fully saturated rings. The first-order chi connectivity index (χ1) is 15.3. The standard InChI is InChI=1S/C25H32N4O3/c1-16(2)21(27-23(30)19-10-5-8-17(3)14-19)25(32)29-13-7-11-20(15-29)24(31)28-22-18(4)9-6-12-26-22/h5-6,8-10,12,14,16,20-21H,7,11,13,15H2,1-4H3,(H,27,30)(H,26,28,31). The highest BCUT2D eigenvalue weighted by Crippen LogP contribution is 2.21. The van der Waals surface area contributed by atoms with Crippen molar-refractivity contribution in [2.45, 2.75) is 46.6 Å². The van der Waals surface area contributed by atoms with E-state index in [-0.39, 0.29) is 29.6 Å². The van der Waals surface area contributed by atoms with Crippen LogP contribution in [0.4, 0.5) is 5.82 Å². The summed E-state index contributed by atoms with van der Waals surface area (Å²) >= 11 is 0. The summed E-state index contributed by atoms with van der Waals surface area (Å²) in [7, 11) is 0. The van der Waals surface area contributed by atoms with Crippen molar-refractivity contribution >= 4 is 23.5 Å². The van der Waals surface area contributed by atoms with Crippen LogP contribution >= 0.6 is 0 Å². The number of benzene rings is 1. The molecule has 2 heterocycles. The van der Waals surface area contributed by atoms with Gasteiger partial charge in [0.1, 0.15) is 11.9 Å². The van der Waals surface area contributed by atoms with E-state index in [2.05, 4.69) is 15.6 Å². The van der Waals surface area contributed by atoms with Crippen LogP contribution in [0, 0.1) is 25.7 Å². The van der Waals surface area contributed by atoms with E-state index in [9.17, 15) is 14.4 Å². The molecular weight excluding hydrogens is 404 g/mol. The summed E-state index contributed by atoms with van der Waals surface area (Å²) in [6.45, 7) is 8.56. The third-order valence-corrected chi connectivity index (χ3v) is 5.85. The van der Waals surface area contributed by atoms with Crippen LogP contribution in [0.1, 0.15) is 48.2 Å². The number of hydrogen-bond donors (Lipinski definition) is 2. The number of hydrogen-bond acceptors (Lipinski definition) is 4. The highest BCUT2D eigenvalue weighted by molar-refractivity contribution is 5.98. The Morgan fingerprint density at radius 2 is 1.91 bits per heavy atom. The largest absolute Gasteiger partial charge is 0.340 e. The third kappa shape index (κ3) is 5.72. The molecule has 0 spiro atoms. The molecule has 2 unspecified atom stereocenters. The number of piperidine rings is 1. The van der Waals surface area contributed by atoms with Gasteiger partial charge in [-0.2, -0.15) is 0 Å². The lowest BCUT2D eigenvalue weighted by Gasteiger charge is -2.35. The van der Waals surface area contributed by atoms with Gasteiger partial charge in [0.15, 0.2) is 0 Å². The number of rotatable bonds is 6. The van der Waals surface area contributed by atoms with Crippen LogP contribution in [0.15, 0.2) is 42.6 Å². The smallest absolute Gasteiger partial charge is 0.251 e. The zero-order valence-electron chi connectivity index (χ0n) is 19.2. The molecule has 2 aromatic rings. The van der Waals surface area contributed by atoms with Crippen molar-refractivity contribution in [3.05, 3.63) is 59.3 Å². The first-order valence-corrected chi connectivity index (χ1v) is 11.1. The first-order valence-electron chi connectivity index (χ1n) is 11.1. The van der Waals surface area contributed by atoms with Gasteiger partial charge in [-0.1, -0.05) is 37.6 Å². The maximum Gasteiger partial charge on any atom is 0.251 e. The molecule has 0 aliphatic carbocycles. The quantitative estimate of drug-likeness (QED) is 0.727. The average Bonchev–Trinajstić information content (AvgIpc) is 2.78. The lowest BCUT2D eigenvalue weighted by Crippen LogP contribution is -2.54. The molecular formula is C25H32N4O3. The Morgan fingerprint density at radius 3 is 2.59 bits per heavy atom. The highest BCUT2D eigenvalue weighted by atomic mass is 16.2. The van der Waals surface area contributed by atoms with Crippen molar-refractivity contribution in [3.63, 3.8) is 0 Å². The van der Waals surface area contributed by atoms with Crippen molar-refractivity contribution in [1.29, 1.82) is 0 Å². The van der Waals surface area contributed by atoms with E-state index in [1.807, 2.05) is 52.0 Å². The molecule has 1 aliphatic rings. The fraction of sp³-hybridized carbons (Fsp3) is 0.440. The van der Waals surface area contributed by atoms with E-state index in [1.165, 1.54) is 0 Å². The zero-order valence-corrected chi connectivity index (χ0v) is 19.2. The number of pyridine rings is 1. The Bertz CT molecular complexity index is 989. The van der Waals surface area contributed by atoms with E-state index in [1.54, 1.807) is 23.2 Å². The van der Waals surface area contributed by atoms with Crippen LogP contribution in [-0.4, -0.2) is 46.7 Å². The van der Waals surface area contributed by atoms with Gasteiger partial charge in [-0.05, 0) is 56.4 Å². The maximum absolute atomic E-state index is 13.3. The number of amides is 3. The fourth-order valence-electron chi connectivity index (χ4n) is 3.95. The second-order valence-corrected chi connectivity index (χ2v) is 8.85. The maximum atomic E-state index is 13.3. The second-order valence-electron chi connectivity index (χ2n) is 8.85. The molecule has 2 atom stereocenters. The van der Waals surface area contributed by atoms with Crippen molar-refractivity contribution in [2.24, 2.45) is 11.8 Å². The van der Waals surface area contributed by atoms with Gasteiger partial charge in [0.05, 0.1) is 5.92 Å². The molecule has 1 aliphatic heterocycles. The summed E-state index contributed by atoms with van der Waals surface area (Å²) < 4.78 is 0. The normalized spacial score (nSPS) is 17.0. The summed E-state index contributed by atoms with van der Waals surface area (Å²) in [5, 5.41) is 5.80. The molecule has 7 nitrogen and oxygen atoms in total. The number of carbonyl (C=O) groups is 3. The van der Waals surface area contributed by atoms with Gasteiger partial charge < -0.3 is 15.5 Å². The summed E-state index contributed by atoms with van der Waals surface area (Å²) in [6.07, 6.45) is 3.09. The predicted molar refractivity (Wildman–Crippen MR) is 124 cm³/mol. The number of anilines is 1. The molecule has 0 radical (unpaired) electrons. The Morgan fingerprint density at radius 1 is 1.12 bits per heavy atom. The Balaban J connectivity index is 1.66. The predicted octanol–water partition coefficient (Wildman–Crippen LogP) is 3.33. The molecule has 3 amide bonds. The summed E-state index contributed by atoms with van der Waals surface area (Å²) in [6, 6.07) is 10.4. The van der Waals surface area contributed by atoms with E-state index in [0.29, 0.717) is 30.9 Å². The minimum absolute atomic E-state index is 0.0818. The number of carbonyl (C=O) groups excluding carboxylic acids is 3. The van der Waals surface area contributed by atoms with Gasteiger partial charge >= 0.3 is 0 Å². The molecule has 1 saturated heterocycles. The SMILES string of the molecule is Cc1cccc(C(=O)NC(C(=O)N2CCCC(C(=O)Nc3ncccc3C)C2)C(C)C)c1. The minimum Gasteiger partial charge on any atom is -0.340 e. The Kier molecular flexibility index (Phi) is 7.62. The minimum atomic E-state index is -0.650. The number of nitrogens with one attached hydrogen (secondary N) is 2. The van der Waals surface area contributed by atoms with Crippen LogP contribution < -0.4 is 10.6 Å². The summed E-state index contributed by atoms with van der Waals surface area (Å²) in [5.41, 5.74) is 2.41. The average molecular weight is 437 g/mol. The summed E-state index contributed by atoms with van der Waals surface area (Å²) in [5.74, 6) is -0.387. The molecule has 32 heavy (non-hydrogen) atoms. The van der Waals surface area contributed by atoms with Gasteiger partial charge in [0, 0.05) is 24.8 Å². The van der Waals surface area contributed by atoms with E-state index in [0.717, 1.165) is 17.5 Å². The number of aryl methyl sites for hydroxylation is 2. The Hall–Kier alpha value is -3.22. The van der Waals surface area contributed by atoms with Gasteiger partial charge in [-0.15, -0.1) is 0 Å². The van der Waals surface area contributed by atoms with Crippen LogP contribution in [0.2, 0.25) is 0 Å². The molecule has 3 rings (SSSR count). The number of likely N-dealkylation sites (tertiary alicyclic amines) is 1. The monoisotopic (exact) mass is 436 g/mol. The van der Waals surface area contributed by atoms with Crippen molar-refractivity contribution in [2.75, 3.05) is 18.4 Å². The number of nitrogens with zero attached hydrogens (tertiary/aromatic N) is 2. The topological polar surface area (TPSA) is 91.4 Å². The van der Waals surface area contributed by atoms with Gasteiger partial charge in [0.25, 0.3) is 5.91 Å². The second kappa shape index (κ2) is 10.4. The molecule has 0 saturated carbocycles. The fourth-order valence-corrected chi connectivity index (χ4v) is 3.95. The molecule has 2 N–H and O–H groups in total. The first kappa shape index (κ1) is 23.4. The molecule has 1 aromatic carbocycles. The highest BCUT2D eigenvalue weighted by Gasteiger charge is 2.34. The van der Waals surface area contributed by atoms with Gasteiger partial charge in [-0.3, -0.25) is 14.4 Å². The lowest BCUT2D eigenvalue weighted by molar-refractivity contribution is -0.137. The van der Waals surface area contributed by atoms with Crippen molar-refractivity contribution < 1.29 is 14.4 Å². The van der Waals surface area contributed by atoms with Crippen LogP contribution in [0.5, 0.6) is 0 Å². The van der Waals surface area contributed by atoms with Gasteiger partial charge in [-0.25, -0.2) is 4.98 Å². The summed E-state index contributed by atoms with van der Waals surface area (Å²) in [4.78, 5) is 44.8. The molecule has 170 valence electrons. The van der Waals surface area contributed by atoms with E-state index in [4.69, 9.17) is 0 Å². The molecule has 0 bridgehead atoms. The lowest BCUT2D eigenvalue weighted by atomic mass is 9.94. The Labute approximate surface area is 189 Å². The van der Waals surface area contributed by atoms with E-state index < -0.39 is 6.04 Å². The third-order valence-electron chi connectivity index (χ3n) is 5.85. The van der Waals surface area contributed by atoms with Crippen LogP contribution in [0.3, 0.4) is 0 Å². The van der Waals surface area contributed by atoms with Crippen LogP contribution in [0.25, 0.3) is 0 Å². The van der Waals surface area contributed by atoms with Crippen LogP contribution in [-0.2, 0) is 9.59 Å². The zero-order chi connectivity index (χ0) is 23.3. The molecule has 1 aromatic heterocycles. The number of aromatic nitrogens is 1. The van der Waals surface area contributed by atoms with Crippen molar-refractivity contribution in [3.8, 4) is 0 Å². The van der Waals surface area contributed by atoms with Crippen molar-refractivity contribution in [1.82, 2.24) is 15.2 Å². The van der Waals surface area contributed by atoms with E-state index >= 15 is 0 Å². The van der Waals surface area contributed by atoms with Gasteiger partial charge in [0.2, 0.25) is 11.8 Å². The molecule has 7 heteroatoms.